The molecule has 1 unspecified atom stereocenters. The van der Waals surface area contributed by atoms with Crippen molar-refractivity contribution in [3.8, 4) is 0 Å². The van der Waals surface area contributed by atoms with Crippen molar-refractivity contribution in [2.24, 2.45) is 11.8 Å². The maximum atomic E-state index is 12.1. The molecule has 0 saturated carbocycles. The van der Waals surface area contributed by atoms with E-state index in [2.05, 4.69) is 20.5 Å². The average molecular weight is 377 g/mol. The maximum absolute atomic E-state index is 12.1. The Bertz CT molecular complexity index is 764. The Balaban J connectivity index is 1.24. The Morgan fingerprint density at radius 3 is 2.92 bits per heavy atom. The third-order valence-electron chi connectivity index (χ3n) is 5.45. The number of nitrogens with zero attached hydrogens (tertiary/aromatic N) is 2. The fraction of sp³-hybridized carbons (Fsp3) is 0.579. The van der Waals surface area contributed by atoms with Gasteiger partial charge in [-0.15, -0.1) is 0 Å². The monoisotopic (exact) mass is 376 g/mol. The Kier molecular flexibility index (Phi) is 5.31. The van der Waals surface area contributed by atoms with Crippen molar-refractivity contribution in [1.29, 1.82) is 0 Å². The molecular formula is C19H25ClN4O2. The smallest absolute Gasteiger partial charge is 0.298 e. The van der Waals surface area contributed by atoms with Crippen molar-refractivity contribution in [2.45, 2.75) is 25.7 Å². The van der Waals surface area contributed by atoms with Gasteiger partial charge in [-0.1, -0.05) is 11.6 Å². The summed E-state index contributed by atoms with van der Waals surface area (Å²) in [7, 11) is 0. The van der Waals surface area contributed by atoms with Gasteiger partial charge in [0.1, 0.15) is 5.52 Å². The van der Waals surface area contributed by atoms with E-state index in [4.69, 9.17) is 16.0 Å². The number of benzene rings is 1. The van der Waals surface area contributed by atoms with Crippen LogP contribution in [0.5, 0.6) is 0 Å². The minimum absolute atomic E-state index is 0.192. The van der Waals surface area contributed by atoms with Gasteiger partial charge in [-0.25, -0.2) is 0 Å². The number of anilines is 1. The highest BCUT2D eigenvalue weighted by molar-refractivity contribution is 6.31. The highest BCUT2D eigenvalue weighted by atomic mass is 35.5. The second-order valence-electron chi connectivity index (χ2n) is 7.41. The zero-order valence-electron chi connectivity index (χ0n) is 14.8. The van der Waals surface area contributed by atoms with Gasteiger partial charge >= 0.3 is 0 Å². The molecule has 1 amide bonds. The summed E-state index contributed by atoms with van der Waals surface area (Å²) >= 11 is 6.01. The molecule has 1 atom stereocenters. The minimum Gasteiger partial charge on any atom is -0.423 e. The van der Waals surface area contributed by atoms with Gasteiger partial charge in [-0.05, 0) is 62.4 Å². The van der Waals surface area contributed by atoms with E-state index in [-0.39, 0.29) is 5.91 Å². The topological polar surface area (TPSA) is 70.4 Å². The lowest BCUT2D eigenvalue weighted by atomic mass is 9.96. The first-order valence-electron chi connectivity index (χ1n) is 9.46. The van der Waals surface area contributed by atoms with Crippen LogP contribution in [-0.2, 0) is 4.79 Å². The van der Waals surface area contributed by atoms with E-state index in [9.17, 15) is 4.79 Å². The number of hydrogen-bond acceptors (Lipinski definition) is 5. The molecule has 0 radical (unpaired) electrons. The Morgan fingerprint density at radius 2 is 2.15 bits per heavy atom. The lowest BCUT2D eigenvalue weighted by Crippen LogP contribution is -2.39. The van der Waals surface area contributed by atoms with Crippen LogP contribution in [0.4, 0.5) is 6.01 Å². The first kappa shape index (κ1) is 17.6. The fourth-order valence-corrected chi connectivity index (χ4v) is 4.00. The molecule has 1 aromatic heterocycles. The van der Waals surface area contributed by atoms with Crippen molar-refractivity contribution >= 4 is 34.6 Å². The van der Waals surface area contributed by atoms with Gasteiger partial charge in [0.05, 0.1) is 0 Å². The highest BCUT2D eigenvalue weighted by Crippen LogP contribution is 2.27. The molecule has 7 heteroatoms. The summed E-state index contributed by atoms with van der Waals surface area (Å²) in [6.07, 6.45) is 3.83. The van der Waals surface area contributed by atoms with Gasteiger partial charge in [-0.3, -0.25) is 4.79 Å². The normalized spacial score (nSPS) is 21.4. The number of fused-ring (bicyclic) bond motifs is 1. The fourth-order valence-electron chi connectivity index (χ4n) is 3.83. The lowest BCUT2D eigenvalue weighted by molar-refractivity contribution is -0.122. The van der Waals surface area contributed by atoms with Crippen LogP contribution in [0.2, 0.25) is 5.02 Å². The number of amides is 1. The Labute approximate surface area is 158 Å². The van der Waals surface area contributed by atoms with Crippen molar-refractivity contribution in [3.05, 3.63) is 23.2 Å². The first-order valence-corrected chi connectivity index (χ1v) is 9.83. The van der Waals surface area contributed by atoms with E-state index in [0.29, 0.717) is 29.3 Å². The van der Waals surface area contributed by atoms with E-state index in [0.717, 1.165) is 63.1 Å². The number of carbonyl (C=O) groups excluding carboxylic acids is 1. The van der Waals surface area contributed by atoms with Crippen LogP contribution in [0.15, 0.2) is 22.6 Å². The summed E-state index contributed by atoms with van der Waals surface area (Å²) in [6.45, 7) is 4.58. The number of rotatable bonds is 5. The number of nitrogens with one attached hydrogen (secondary N) is 2. The van der Waals surface area contributed by atoms with Crippen LogP contribution in [0.25, 0.3) is 11.1 Å². The number of oxazole rings is 1. The molecule has 26 heavy (non-hydrogen) atoms. The molecule has 2 saturated heterocycles. The SMILES string of the molecule is O=C(CC1CCNC1)NCC1CCN(c2nc3cc(Cl)ccc3o2)CC1. The van der Waals surface area contributed by atoms with Gasteiger partial charge < -0.3 is 20.0 Å². The summed E-state index contributed by atoms with van der Waals surface area (Å²) in [6, 6.07) is 6.16. The minimum atomic E-state index is 0.192. The zero-order chi connectivity index (χ0) is 17.9. The number of hydrogen-bond donors (Lipinski definition) is 2. The van der Waals surface area contributed by atoms with Crippen LogP contribution in [0.1, 0.15) is 25.7 Å². The lowest BCUT2D eigenvalue weighted by Gasteiger charge is -2.30. The van der Waals surface area contributed by atoms with E-state index in [1.165, 1.54) is 0 Å². The van der Waals surface area contributed by atoms with Gasteiger partial charge in [0.25, 0.3) is 6.01 Å². The van der Waals surface area contributed by atoms with Gasteiger partial charge in [0.15, 0.2) is 5.58 Å². The van der Waals surface area contributed by atoms with E-state index >= 15 is 0 Å². The number of piperidine rings is 1. The van der Waals surface area contributed by atoms with Crippen molar-refractivity contribution in [2.75, 3.05) is 37.6 Å². The molecule has 2 N–H and O–H groups in total. The zero-order valence-corrected chi connectivity index (χ0v) is 15.6. The average Bonchev–Trinajstić information content (AvgIpc) is 3.29. The molecule has 2 fully saturated rings. The summed E-state index contributed by atoms with van der Waals surface area (Å²) in [5.41, 5.74) is 1.56. The van der Waals surface area contributed by atoms with Crippen molar-refractivity contribution in [3.63, 3.8) is 0 Å². The van der Waals surface area contributed by atoms with Crippen LogP contribution >= 0.6 is 11.6 Å². The van der Waals surface area contributed by atoms with Crippen LogP contribution in [0, 0.1) is 11.8 Å². The molecule has 6 nitrogen and oxygen atoms in total. The highest BCUT2D eigenvalue weighted by Gasteiger charge is 2.24. The van der Waals surface area contributed by atoms with Gasteiger partial charge in [0, 0.05) is 31.1 Å². The quantitative estimate of drug-likeness (QED) is 0.839. The number of halogens is 1. The van der Waals surface area contributed by atoms with Crippen LogP contribution < -0.4 is 15.5 Å². The molecule has 0 aliphatic carbocycles. The van der Waals surface area contributed by atoms with Crippen LogP contribution in [0.3, 0.4) is 0 Å². The Morgan fingerprint density at radius 1 is 1.31 bits per heavy atom. The van der Waals surface area contributed by atoms with Gasteiger partial charge in [0.2, 0.25) is 5.91 Å². The predicted molar refractivity (Wildman–Crippen MR) is 103 cm³/mol. The first-order chi connectivity index (χ1) is 12.7. The molecule has 2 aliphatic rings. The molecule has 2 aromatic rings. The van der Waals surface area contributed by atoms with Crippen molar-refractivity contribution < 1.29 is 9.21 Å². The molecule has 1 aromatic carbocycles. The predicted octanol–water partition coefficient (Wildman–Crippen LogP) is 2.81. The Hall–Kier alpha value is -1.79. The summed E-state index contributed by atoms with van der Waals surface area (Å²) < 4.78 is 5.85. The summed E-state index contributed by atoms with van der Waals surface area (Å²) in [5.74, 6) is 1.22. The molecule has 2 aliphatic heterocycles. The van der Waals surface area contributed by atoms with E-state index < -0.39 is 0 Å². The molecule has 3 heterocycles. The molecular weight excluding hydrogens is 352 g/mol. The second-order valence-corrected chi connectivity index (χ2v) is 7.84. The molecule has 4 rings (SSSR count). The van der Waals surface area contributed by atoms with Crippen molar-refractivity contribution in [1.82, 2.24) is 15.6 Å². The summed E-state index contributed by atoms with van der Waals surface area (Å²) in [5, 5.41) is 7.10. The maximum Gasteiger partial charge on any atom is 0.298 e. The molecule has 140 valence electrons. The third-order valence-corrected chi connectivity index (χ3v) is 5.68. The largest absolute Gasteiger partial charge is 0.423 e. The van der Waals surface area contributed by atoms with Crippen LogP contribution in [-0.4, -0.2) is 43.6 Å². The third kappa shape index (κ3) is 4.13. The van der Waals surface area contributed by atoms with Gasteiger partial charge in [-0.2, -0.15) is 4.98 Å². The molecule has 0 bridgehead atoms. The second kappa shape index (κ2) is 7.84. The van der Waals surface area contributed by atoms with E-state index in [1.54, 1.807) is 0 Å². The molecule has 0 spiro atoms. The number of carbonyl (C=O) groups is 1. The standard InChI is InChI=1S/C19H25ClN4O2/c20-15-1-2-17-16(10-15)23-19(26-17)24-7-4-13(5-8-24)12-22-18(25)9-14-3-6-21-11-14/h1-2,10,13-14,21H,3-9,11-12H2,(H,22,25). The van der Waals surface area contributed by atoms with E-state index in [1.807, 2.05) is 18.2 Å². The number of aromatic nitrogens is 1. The summed E-state index contributed by atoms with van der Waals surface area (Å²) in [4.78, 5) is 18.8.